The number of amides is 1. The molecule has 1 aliphatic rings. The molecule has 0 bridgehead atoms. The summed E-state index contributed by atoms with van der Waals surface area (Å²) in [6.45, 7) is 1.95. The van der Waals surface area contributed by atoms with E-state index in [0.29, 0.717) is 17.0 Å². The van der Waals surface area contributed by atoms with E-state index < -0.39 is 23.5 Å². The molecule has 0 aromatic heterocycles. The number of methoxy groups -OCH3 is 1. The number of carbonyl (C=O) groups is 2. The number of hydrogen-bond donors (Lipinski definition) is 1. The molecule has 0 saturated heterocycles. The van der Waals surface area contributed by atoms with Crippen LogP contribution in [0.3, 0.4) is 0 Å². The molecule has 0 radical (unpaired) electrons. The van der Waals surface area contributed by atoms with E-state index in [1.54, 1.807) is 37.5 Å². The van der Waals surface area contributed by atoms with E-state index in [1.807, 2.05) is 61.5 Å². The van der Waals surface area contributed by atoms with E-state index in [4.69, 9.17) is 4.74 Å². The van der Waals surface area contributed by atoms with Crippen molar-refractivity contribution >= 4 is 23.5 Å². The third-order valence-corrected chi connectivity index (χ3v) is 5.44. The third-order valence-electron chi connectivity index (χ3n) is 5.44. The summed E-state index contributed by atoms with van der Waals surface area (Å²) < 4.78 is 5.24. The summed E-state index contributed by atoms with van der Waals surface area (Å²) in [6.07, 6.45) is 3.07. The average molecular weight is 425 g/mol. The van der Waals surface area contributed by atoms with Gasteiger partial charge in [-0.3, -0.25) is 14.5 Å². The minimum atomic E-state index is -0.760. The first kappa shape index (κ1) is 21.1. The zero-order chi connectivity index (χ0) is 22.7. The summed E-state index contributed by atoms with van der Waals surface area (Å²) in [5.74, 6) is -0.902. The molecule has 0 fully saturated rings. The maximum atomic E-state index is 13.2. The van der Waals surface area contributed by atoms with Crippen LogP contribution in [0.25, 0.3) is 6.08 Å². The minimum Gasteiger partial charge on any atom is -0.503 e. The molecule has 5 heteroatoms. The Kier molecular flexibility index (Phi) is 5.90. The number of aliphatic hydroxyl groups is 1. The van der Waals surface area contributed by atoms with Crippen molar-refractivity contribution in [3.05, 3.63) is 113 Å². The average Bonchev–Trinajstić information content (AvgIpc) is 3.09. The highest BCUT2D eigenvalue weighted by Crippen LogP contribution is 2.41. The van der Waals surface area contributed by atoms with E-state index in [9.17, 15) is 14.7 Å². The summed E-state index contributed by atoms with van der Waals surface area (Å²) >= 11 is 0. The topological polar surface area (TPSA) is 66.8 Å². The smallest absolute Gasteiger partial charge is 0.294 e. The molecule has 3 aromatic rings. The van der Waals surface area contributed by atoms with Gasteiger partial charge in [0, 0.05) is 5.69 Å². The van der Waals surface area contributed by atoms with Gasteiger partial charge in [0.2, 0.25) is 0 Å². The van der Waals surface area contributed by atoms with E-state index in [-0.39, 0.29) is 5.57 Å². The molecule has 1 aliphatic heterocycles. The minimum absolute atomic E-state index is 0.0490. The van der Waals surface area contributed by atoms with E-state index in [2.05, 4.69) is 0 Å². The van der Waals surface area contributed by atoms with Crippen molar-refractivity contribution in [3.63, 3.8) is 0 Å². The van der Waals surface area contributed by atoms with Gasteiger partial charge in [-0.25, -0.2) is 0 Å². The van der Waals surface area contributed by atoms with Crippen molar-refractivity contribution in [2.45, 2.75) is 13.0 Å². The van der Waals surface area contributed by atoms with Crippen LogP contribution in [0.1, 0.15) is 22.7 Å². The number of aryl methyl sites for hydroxylation is 1. The standard InChI is InChI=1S/C27H23NO4/c1-18-8-13-21(14-9-18)28-25(20-11-15-22(32-2)16-12-20)24(26(30)27(28)31)23(29)17-10-19-6-4-3-5-7-19/h3-17,25,30H,1-2H3/b17-10-/t25-/m1/s1. The number of rotatable bonds is 6. The molecule has 5 nitrogen and oxygen atoms in total. The number of hydrogen-bond acceptors (Lipinski definition) is 4. The number of benzene rings is 3. The Hall–Kier alpha value is -4.12. The summed E-state index contributed by atoms with van der Waals surface area (Å²) in [5, 5.41) is 10.8. The van der Waals surface area contributed by atoms with Crippen LogP contribution in [-0.2, 0) is 9.59 Å². The summed E-state index contributed by atoms with van der Waals surface area (Å²) in [5.41, 5.74) is 3.23. The van der Waals surface area contributed by atoms with Gasteiger partial charge in [0.1, 0.15) is 5.75 Å². The Bertz CT molecular complexity index is 1190. The van der Waals surface area contributed by atoms with Gasteiger partial charge in [-0.2, -0.15) is 0 Å². The van der Waals surface area contributed by atoms with Crippen LogP contribution in [0.15, 0.2) is 96.3 Å². The molecular formula is C27H23NO4. The largest absolute Gasteiger partial charge is 0.503 e. The fourth-order valence-corrected chi connectivity index (χ4v) is 3.76. The fraction of sp³-hybridized carbons (Fsp3) is 0.111. The Morgan fingerprint density at radius 1 is 0.969 bits per heavy atom. The molecule has 0 saturated carbocycles. The highest BCUT2D eigenvalue weighted by molar-refractivity contribution is 6.19. The second-order valence-corrected chi connectivity index (χ2v) is 7.56. The quantitative estimate of drug-likeness (QED) is 0.552. The van der Waals surface area contributed by atoms with Crippen molar-refractivity contribution in [2.24, 2.45) is 0 Å². The summed E-state index contributed by atoms with van der Waals surface area (Å²) in [4.78, 5) is 27.8. The lowest BCUT2D eigenvalue weighted by atomic mass is 9.95. The Morgan fingerprint density at radius 3 is 2.25 bits per heavy atom. The van der Waals surface area contributed by atoms with Crippen LogP contribution < -0.4 is 9.64 Å². The molecule has 4 rings (SSSR count). The van der Waals surface area contributed by atoms with Crippen molar-refractivity contribution in [1.29, 1.82) is 0 Å². The second-order valence-electron chi connectivity index (χ2n) is 7.56. The SMILES string of the molecule is COc1ccc([C@@H]2C(C(=O)/C=C\c3ccccc3)=C(O)C(=O)N2c2ccc(C)cc2)cc1. The van der Waals surface area contributed by atoms with Gasteiger partial charge < -0.3 is 9.84 Å². The first-order valence-corrected chi connectivity index (χ1v) is 10.2. The van der Waals surface area contributed by atoms with Gasteiger partial charge in [-0.15, -0.1) is 0 Å². The predicted molar refractivity (Wildman–Crippen MR) is 125 cm³/mol. The third kappa shape index (κ3) is 4.05. The van der Waals surface area contributed by atoms with Crippen LogP contribution in [0.4, 0.5) is 5.69 Å². The molecule has 3 aromatic carbocycles. The fourth-order valence-electron chi connectivity index (χ4n) is 3.76. The van der Waals surface area contributed by atoms with Gasteiger partial charge >= 0.3 is 0 Å². The van der Waals surface area contributed by atoms with Gasteiger partial charge in [-0.1, -0.05) is 66.2 Å². The molecule has 160 valence electrons. The molecule has 1 N–H and O–H groups in total. The maximum absolute atomic E-state index is 13.2. The van der Waals surface area contributed by atoms with Gasteiger partial charge in [-0.05, 0) is 48.4 Å². The Balaban J connectivity index is 1.78. The number of nitrogens with zero attached hydrogens (tertiary/aromatic N) is 1. The van der Waals surface area contributed by atoms with Gasteiger partial charge in [0.15, 0.2) is 11.5 Å². The lowest BCUT2D eigenvalue weighted by molar-refractivity contribution is -0.117. The van der Waals surface area contributed by atoms with Gasteiger partial charge in [0.25, 0.3) is 5.91 Å². The first-order chi connectivity index (χ1) is 15.5. The highest BCUT2D eigenvalue weighted by atomic mass is 16.5. The van der Waals surface area contributed by atoms with Crippen LogP contribution in [0.5, 0.6) is 5.75 Å². The zero-order valence-electron chi connectivity index (χ0n) is 17.9. The first-order valence-electron chi connectivity index (χ1n) is 10.2. The van der Waals surface area contributed by atoms with Crippen molar-refractivity contribution in [1.82, 2.24) is 0 Å². The lowest BCUT2D eigenvalue weighted by Crippen LogP contribution is -2.30. The molecule has 0 unspecified atom stereocenters. The second kappa shape index (κ2) is 8.94. The van der Waals surface area contributed by atoms with Crippen LogP contribution >= 0.6 is 0 Å². The molecular weight excluding hydrogens is 402 g/mol. The molecule has 32 heavy (non-hydrogen) atoms. The molecule has 0 spiro atoms. The zero-order valence-corrected chi connectivity index (χ0v) is 17.9. The number of ether oxygens (including phenoxy) is 1. The van der Waals surface area contributed by atoms with Crippen molar-refractivity contribution < 1.29 is 19.4 Å². The number of ketones is 1. The van der Waals surface area contributed by atoms with Crippen LogP contribution in [0.2, 0.25) is 0 Å². The van der Waals surface area contributed by atoms with Crippen LogP contribution in [0, 0.1) is 6.92 Å². The monoisotopic (exact) mass is 425 g/mol. The predicted octanol–water partition coefficient (Wildman–Crippen LogP) is 5.19. The highest BCUT2D eigenvalue weighted by Gasteiger charge is 2.43. The molecule has 1 atom stereocenters. The molecule has 1 heterocycles. The van der Waals surface area contributed by atoms with E-state index in [1.165, 1.54) is 11.0 Å². The Labute approximate surface area is 186 Å². The Morgan fingerprint density at radius 2 is 1.62 bits per heavy atom. The molecule has 0 aliphatic carbocycles. The summed E-state index contributed by atoms with van der Waals surface area (Å²) in [6, 6.07) is 23.2. The van der Waals surface area contributed by atoms with Crippen molar-refractivity contribution in [2.75, 3.05) is 12.0 Å². The number of anilines is 1. The lowest BCUT2D eigenvalue weighted by Gasteiger charge is -2.27. The van der Waals surface area contributed by atoms with Gasteiger partial charge in [0.05, 0.1) is 18.7 Å². The normalized spacial score (nSPS) is 16.1. The van der Waals surface area contributed by atoms with E-state index in [0.717, 1.165) is 11.1 Å². The van der Waals surface area contributed by atoms with Crippen molar-refractivity contribution in [3.8, 4) is 5.75 Å². The van der Waals surface area contributed by atoms with E-state index >= 15 is 0 Å². The number of carbonyl (C=O) groups excluding carboxylic acids is 2. The van der Waals surface area contributed by atoms with Crippen LogP contribution in [-0.4, -0.2) is 23.9 Å². The number of aliphatic hydroxyl groups excluding tert-OH is 1. The number of allylic oxidation sites excluding steroid dienone is 1. The molecule has 1 amide bonds. The maximum Gasteiger partial charge on any atom is 0.294 e. The summed E-state index contributed by atoms with van der Waals surface area (Å²) in [7, 11) is 1.57.